The summed E-state index contributed by atoms with van der Waals surface area (Å²) in [5.41, 5.74) is 5.09. The summed E-state index contributed by atoms with van der Waals surface area (Å²) in [7, 11) is 0. The van der Waals surface area contributed by atoms with Gasteiger partial charge in [0.05, 0.1) is 0 Å². The van der Waals surface area contributed by atoms with E-state index in [-0.39, 0.29) is 16.6 Å². The summed E-state index contributed by atoms with van der Waals surface area (Å²) < 4.78 is 0. The van der Waals surface area contributed by atoms with E-state index in [0.29, 0.717) is 0 Å². The monoisotopic (exact) mass is 414 g/mol. The summed E-state index contributed by atoms with van der Waals surface area (Å²) in [6, 6.07) is 7.73. The van der Waals surface area contributed by atoms with E-state index < -0.39 is 0 Å². The van der Waals surface area contributed by atoms with E-state index in [4.69, 9.17) is 0 Å². The Bertz CT molecular complexity index is 960. The summed E-state index contributed by atoms with van der Waals surface area (Å²) in [5.74, 6) is 0.0535. The Morgan fingerprint density at radius 2 is 1.42 bits per heavy atom. The van der Waals surface area contributed by atoms with Gasteiger partial charge < -0.3 is 0 Å². The molecule has 0 radical (unpaired) electrons. The van der Waals surface area contributed by atoms with Gasteiger partial charge in [-0.1, -0.05) is 128 Å². The zero-order chi connectivity index (χ0) is 23.8. The van der Waals surface area contributed by atoms with Crippen LogP contribution in [0.5, 0.6) is 0 Å². The molecule has 0 unspecified atom stereocenters. The molecular formula is C30H38O. The third-order valence-electron chi connectivity index (χ3n) is 5.12. The average Bonchev–Trinajstić information content (AvgIpc) is 2.67. The Hall–Kier alpha value is -2.93. The minimum absolute atomic E-state index is 0.0535. The maximum Gasteiger partial charge on any atom is 0.189 e. The lowest BCUT2D eigenvalue weighted by molar-refractivity contribution is 0.101. The molecule has 0 aliphatic rings. The fourth-order valence-corrected chi connectivity index (χ4v) is 3.20. The van der Waals surface area contributed by atoms with Gasteiger partial charge in [-0.25, -0.2) is 0 Å². The van der Waals surface area contributed by atoms with Gasteiger partial charge in [0.15, 0.2) is 5.78 Å². The standard InChI is InChI=1S/C30H38O/c1-11-16-23(12-2)24(21-25(13-3)29(5,6)7)19-20-27(30(8,9)10)28(31)26-18-15-14-17-22(26)4/h11-21H,1-3H2,4-10H3/b23-16-,24-19-,25-21+,27-20+. The zero-order valence-corrected chi connectivity index (χ0v) is 20.4. The first-order valence-corrected chi connectivity index (χ1v) is 10.7. The molecule has 1 rings (SSSR count). The molecule has 1 aromatic carbocycles. The van der Waals surface area contributed by atoms with Crippen LogP contribution in [-0.4, -0.2) is 5.78 Å². The van der Waals surface area contributed by atoms with Crippen LogP contribution in [0, 0.1) is 17.8 Å². The SMILES string of the molecule is C=C\C=C(C=C)/C(=C\C=C(/C(=O)c1ccccc1C)C(C)(C)C)/C=C(\C=C)C(C)(C)C. The first-order valence-electron chi connectivity index (χ1n) is 10.7. The topological polar surface area (TPSA) is 17.1 Å². The molecule has 0 atom stereocenters. The number of allylic oxidation sites excluding steroid dienone is 11. The van der Waals surface area contributed by atoms with Crippen molar-refractivity contribution in [1.82, 2.24) is 0 Å². The molecule has 0 saturated carbocycles. The van der Waals surface area contributed by atoms with Crippen molar-refractivity contribution in [2.24, 2.45) is 10.8 Å². The summed E-state index contributed by atoms with van der Waals surface area (Å²) in [5, 5.41) is 0. The molecule has 0 amide bonds. The van der Waals surface area contributed by atoms with E-state index >= 15 is 0 Å². The number of carbonyl (C=O) groups excluding carboxylic acids is 1. The van der Waals surface area contributed by atoms with Gasteiger partial charge in [0, 0.05) is 11.1 Å². The van der Waals surface area contributed by atoms with Crippen LogP contribution in [0.4, 0.5) is 0 Å². The number of aryl methyl sites for hydroxylation is 1. The second-order valence-corrected chi connectivity index (χ2v) is 9.71. The second-order valence-electron chi connectivity index (χ2n) is 9.71. The van der Waals surface area contributed by atoms with E-state index in [9.17, 15) is 4.79 Å². The fourth-order valence-electron chi connectivity index (χ4n) is 3.20. The maximum atomic E-state index is 13.4. The summed E-state index contributed by atoms with van der Waals surface area (Å²) in [6.45, 7) is 26.4. The molecule has 0 aliphatic carbocycles. The van der Waals surface area contributed by atoms with Crippen molar-refractivity contribution in [3.63, 3.8) is 0 Å². The lowest BCUT2D eigenvalue weighted by atomic mass is 9.80. The van der Waals surface area contributed by atoms with Gasteiger partial charge in [-0.15, -0.1) is 0 Å². The molecule has 164 valence electrons. The Morgan fingerprint density at radius 1 is 0.806 bits per heavy atom. The smallest absolute Gasteiger partial charge is 0.189 e. The van der Waals surface area contributed by atoms with E-state index in [1.807, 2.05) is 55.5 Å². The molecule has 0 aromatic heterocycles. The Kier molecular flexibility index (Phi) is 9.19. The van der Waals surface area contributed by atoms with E-state index in [2.05, 4.69) is 67.4 Å². The molecule has 0 bridgehead atoms. The molecule has 31 heavy (non-hydrogen) atoms. The fraction of sp³-hybridized carbons (Fsp3) is 0.300. The molecule has 0 spiro atoms. The van der Waals surface area contributed by atoms with Crippen molar-refractivity contribution in [3.8, 4) is 0 Å². The molecule has 0 heterocycles. The molecule has 0 fully saturated rings. The highest BCUT2D eigenvalue weighted by Crippen LogP contribution is 2.32. The van der Waals surface area contributed by atoms with Crippen molar-refractivity contribution in [2.75, 3.05) is 0 Å². The van der Waals surface area contributed by atoms with Crippen LogP contribution in [0.3, 0.4) is 0 Å². The zero-order valence-electron chi connectivity index (χ0n) is 20.4. The molecule has 0 N–H and O–H groups in total. The first kappa shape index (κ1) is 26.1. The van der Waals surface area contributed by atoms with Crippen LogP contribution in [-0.2, 0) is 0 Å². The van der Waals surface area contributed by atoms with Gasteiger partial charge in [-0.2, -0.15) is 0 Å². The van der Waals surface area contributed by atoms with Crippen LogP contribution < -0.4 is 0 Å². The van der Waals surface area contributed by atoms with Crippen LogP contribution in [0.1, 0.15) is 57.5 Å². The average molecular weight is 415 g/mol. The molecule has 0 aliphatic heterocycles. The van der Waals surface area contributed by atoms with Crippen molar-refractivity contribution in [3.05, 3.63) is 120 Å². The van der Waals surface area contributed by atoms with E-state index in [1.165, 1.54) is 0 Å². The predicted molar refractivity (Wildman–Crippen MR) is 137 cm³/mol. The van der Waals surface area contributed by atoms with Crippen molar-refractivity contribution < 1.29 is 4.79 Å². The van der Waals surface area contributed by atoms with Gasteiger partial charge in [-0.3, -0.25) is 4.79 Å². The number of carbonyl (C=O) groups is 1. The highest BCUT2D eigenvalue weighted by molar-refractivity contribution is 6.10. The highest BCUT2D eigenvalue weighted by Gasteiger charge is 2.25. The number of ketones is 1. The number of hydrogen-bond acceptors (Lipinski definition) is 1. The normalized spacial score (nSPS) is 14.3. The number of benzene rings is 1. The van der Waals surface area contributed by atoms with E-state index in [1.54, 1.807) is 12.2 Å². The minimum Gasteiger partial charge on any atom is -0.289 e. The van der Waals surface area contributed by atoms with Gasteiger partial charge in [0.25, 0.3) is 0 Å². The number of rotatable bonds is 8. The van der Waals surface area contributed by atoms with Crippen molar-refractivity contribution >= 4 is 5.78 Å². The van der Waals surface area contributed by atoms with Crippen molar-refractivity contribution in [1.29, 1.82) is 0 Å². The Morgan fingerprint density at radius 3 is 1.87 bits per heavy atom. The lowest BCUT2D eigenvalue weighted by Gasteiger charge is -2.23. The largest absolute Gasteiger partial charge is 0.289 e. The number of hydrogen-bond donors (Lipinski definition) is 0. The minimum atomic E-state index is -0.313. The van der Waals surface area contributed by atoms with Crippen molar-refractivity contribution in [2.45, 2.75) is 48.5 Å². The third-order valence-corrected chi connectivity index (χ3v) is 5.12. The van der Waals surface area contributed by atoms with Gasteiger partial charge >= 0.3 is 0 Å². The summed E-state index contributed by atoms with van der Waals surface area (Å²) >= 11 is 0. The van der Waals surface area contributed by atoms with Gasteiger partial charge in [0.2, 0.25) is 0 Å². The van der Waals surface area contributed by atoms with Gasteiger partial charge in [0.1, 0.15) is 0 Å². The maximum absolute atomic E-state index is 13.4. The summed E-state index contributed by atoms with van der Waals surface area (Å²) in [6.07, 6.45) is 13.4. The molecule has 0 saturated heterocycles. The Balaban J connectivity index is 3.76. The Labute approximate surface area is 190 Å². The third kappa shape index (κ3) is 7.36. The van der Waals surface area contributed by atoms with E-state index in [0.717, 1.165) is 33.4 Å². The van der Waals surface area contributed by atoms with Gasteiger partial charge in [-0.05, 0) is 40.0 Å². The summed E-state index contributed by atoms with van der Waals surface area (Å²) in [4.78, 5) is 13.4. The highest BCUT2D eigenvalue weighted by atomic mass is 16.1. The van der Waals surface area contributed by atoms with Crippen LogP contribution >= 0.6 is 0 Å². The molecule has 1 heteroatoms. The quantitative estimate of drug-likeness (QED) is 0.237. The number of Topliss-reactive ketones (excluding diaryl/α,β-unsaturated/α-hetero) is 1. The molecule has 1 aromatic rings. The molecular weight excluding hydrogens is 376 g/mol. The van der Waals surface area contributed by atoms with Crippen LogP contribution in [0.2, 0.25) is 0 Å². The van der Waals surface area contributed by atoms with Crippen LogP contribution in [0.25, 0.3) is 0 Å². The first-order chi connectivity index (χ1) is 14.4. The second kappa shape index (κ2) is 10.9. The predicted octanol–water partition coefficient (Wildman–Crippen LogP) is 8.53. The molecule has 1 nitrogen and oxygen atoms in total. The van der Waals surface area contributed by atoms with Crippen LogP contribution in [0.15, 0.2) is 109 Å². The lowest BCUT2D eigenvalue weighted by Crippen LogP contribution is -2.19.